The number of hydrogen-bond acceptors (Lipinski definition) is 4. The normalized spacial score (nSPS) is 14.0. The average Bonchev–Trinajstić information content (AvgIpc) is 2.16. The van der Waals surface area contributed by atoms with Crippen molar-refractivity contribution >= 4 is 13.4 Å². The fourth-order valence-electron chi connectivity index (χ4n) is 1.70. The van der Waals surface area contributed by atoms with Gasteiger partial charge in [-0.3, -0.25) is 4.57 Å². The molecule has 17 heavy (non-hydrogen) atoms. The van der Waals surface area contributed by atoms with E-state index in [1.54, 1.807) is 20.8 Å². The maximum Gasteiger partial charge on any atom is 0.330 e. The lowest BCUT2D eigenvalue weighted by molar-refractivity contribution is -0.118. The third-order valence-electron chi connectivity index (χ3n) is 2.60. The number of carbonyl (C=O) groups is 1. The van der Waals surface area contributed by atoms with Crippen molar-refractivity contribution < 1.29 is 18.4 Å². The van der Waals surface area contributed by atoms with E-state index in [2.05, 4.69) is 0 Å². The molecular formula is C12H25O4P. The summed E-state index contributed by atoms with van der Waals surface area (Å²) < 4.78 is 22.9. The molecule has 0 unspecified atom stereocenters. The molecule has 1 atom stereocenters. The van der Waals surface area contributed by atoms with Gasteiger partial charge in [0.05, 0.1) is 19.4 Å². The van der Waals surface area contributed by atoms with Crippen molar-refractivity contribution in [3.05, 3.63) is 0 Å². The first-order valence-corrected chi connectivity index (χ1v) is 7.95. The highest BCUT2D eigenvalue weighted by Gasteiger charge is 2.30. The van der Waals surface area contributed by atoms with Gasteiger partial charge in [-0.05, 0) is 32.6 Å². The van der Waals surface area contributed by atoms with Gasteiger partial charge in [-0.25, -0.2) is 0 Å². The van der Waals surface area contributed by atoms with E-state index in [4.69, 9.17) is 9.05 Å². The smallest absolute Gasteiger partial charge is 0.309 e. The Hall–Kier alpha value is -0.180. The fraction of sp³-hybridized carbons (Fsp3) is 0.917. The monoisotopic (exact) mass is 264 g/mol. The summed E-state index contributed by atoms with van der Waals surface area (Å²) in [7, 11) is -3.04. The van der Waals surface area contributed by atoms with Gasteiger partial charge in [-0.15, -0.1) is 0 Å². The quantitative estimate of drug-likeness (QED) is 0.598. The van der Waals surface area contributed by atoms with Crippen LogP contribution < -0.4 is 0 Å². The number of ketones is 1. The van der Waals surface area contributed by atoms with Gasteiger partial charge < -0.3 is 13.8 Å². The molecule has 0 aromatic rings. The maximum atomic E-state index is 12.4. The first kappa shape index (κ1) is 16.8. The van der Waals surface area contributed by atoms with Gasteiger partial charge in [0, 0.05) is 6.42 Å². The van der Waals surface area contributed by atoms with Crippen LogP contribution >= 0.6 is 7.60 Å². The third-order valence-corrected chi connectivity index (χ3v) is 4.82. The summed E-state index contributed by atoms with van der Waals surface area (Å²) in [6.45, 7) is 9.92. The summed E-state index contributed by atoms with van der Waals surface area (Å²) >= 11 is 0. The Morgan fingerprint density at radius 1 is 1.18 bits per heavy atom. The van der Waals surface area contributed by atoms with E-state index in [1.807, 2.05) is 13.8 Å². The summed E-state index contributed by atoms with van der Waals surface area (Å²) in [4.78, 5) is 11.2. The van der Waals surface area contributed by atoms with Crippen LogP contribution in [0.1, 0.15) is 41.0 Å². The van der Waals surface area contributed by atoms with Crippen LogP contribution in [0.15, 0.2) is 0 Å². The third kappa shape index (κ3) is 6.97. The van der Waals surface area contributed by atoms with E-state index < -0.39 is 7.60 Å². The van der Waals surface area contributed by atoms with Gasteiger partial charge >= 0.3 is 7.60 Å². The minimum atomic E-state index is -3.04. The van der Waals surface area contributed by atoms with E-state index in [0.717, 1.165) is 0 Å². The van der Waals surface area contributed by atoms with Crippen molar-refractivity contribution in [3.63, 3.8) is 0 Å². The number of Topliss-reactive ketones (excluding diaryl/α,β-unsaturated/α-hetero) is 1. The Morgan fingerprint density at radius 2 is 1.65 bits per heavy atom. The summed E-state index contributed by atoms with van der Waals surface area (Å²) in [6.07, 6.45) is 0.758. The van der Waals surface area contributed by atoms with Crippen LogP contribution in [-0.4, -0.2) is 25.2 Å². The molecule has 0 aliphatic rings. The molecule has 0 aromatic carbocycles. The molecule has 102 valence electrons. The molecule has 0 aliphatic carbocycles. The molecule has 0 aromatic heterocycles. The molecule has 0 saturated heterocycles. The molecule has 0 saturated carbocycles. The van der Waals surface area contributed by atoms with Gasteiger partial charge in [-0.2, -0.15) is 0 Å². The second-order valence-electron chi connectivity index (χ2n) is 4.54. The van der Waals surface area contributed by atoms with Gasteiger partial charge in [0.1, 0.15) is 5.78 Å². The maximum absolute atomic E-state index is 12.4. The van der Waals surface area contributed by atoms with Crippen LogP contribution in [0.5, 0.6) is 0 Å². The van der Waals surface area contributed by atoms with Gasteiger partial charge in [0.15, 0.2) is 0 Å². The van der Waals surface area contributed by atoms with E-state index in [9.17, 15) is 9.36 Å². The second kappa shape index (κ2) is 8.02. The summed E-state index contributed by atoms with van der Waals surface area (Å²) in [6, 6.07) is 0. The summed E-state index contributed by atoms with van der Waals surface area (Å²) in [5.74, 6) is 0.452. The minimum absolute atomic E-state index is 0.0523. The van der Waals surface area contributed by atoms with Crippen molar-refractivity contribution in [3.8, 4) is 0 Å². The highest BCUT2D eigenvalue weighted by molar-refractivity contribution is 7.53. The van der Waals surface area contributed by atoms with Gasteiger partial charge in [0.25, 0.3) is 0 Å². The lowest BCUT2D eigenvalue weighted by Crippen LogP contribution is -2.18. The average molecular weight is 264 g/mol. The summed E-state index contributed by atoms with van der Waals surface area (Å²) in [5, 5.41) is 0. The predicted molar refractivity (Wildman–Crippen MR) is 69.4 cm³/mol. The van der Waals surface area contributed by atoms with E-state index in [-0.39, 0.29) is 17.6 Å². The van der Waals surface area contributed by atoms with Crippen LogP contribution in [-0.2, 0) is 18.4 Å². The zero-order valence-corrected chi connectivity index (χ0v) is 12.5. The first-order valence-electron chi connectivity index (χ1n) is 6.22. The fourth-order valence-corrected chi connectivity index (χ4v) is 3.90. The van der Waals surface area contributed by atoms with Crippen molar-refractivity contribution in [1.82, 2.24) is 0 Å². The Bertz CT molecular complexity index is 266. The van der Waals surface area contributed by atoms with Crippen molar-refractivity contribution in [1.29, 1.82) is 0 Å². The Kier molecular flexibility index (Phi) is 7.93. The van der Waals surface area contributed by atoms with Crippen LogP contribution in [0.2, 0.25) is 0 Å². The van der Waals surface area contributed by atoms with E-state index in [1.165, 1.54) is 0 Å². The molecular weight excluding hydrogens is 239 g/mol. The minimum Gasteiger partial charge on any atom is -0.309 e. The topological polar surface area (TPSA) is 52.6 Å². The Morgan fingerprint density at radius 3 is 1.94 bits per heavy atom. The molecule has 0 N–H and O–H groups in total. The van der Waals surface area contributed by atoms with Crippen LogP contribution in [0.3, 0.4) is 0 Å². The number of hydrogen-bond donors (Lipinski definition) is 0. The molecule has 0 radical (unpaired) electrons. The van der Waals surface area contributed by atoms with Crippen LogP contribution in [0.25, 0.3) is 0 Å². The van der Waals surface area contributed by atoms with Gasteiger partial charge in [0.2, 0.25) is 0 Å². The van der Waals surface area contributed by atoms with Gasteiger partial charge in [-0.1, -0.05) is 13.8 Å². The van der Waals surface area contributed by atoms with E-state index in [0.29, 0.717) is 25.8 Å². The molecule has 0 aliphatic heterocycles. The molecule has 4 nitrogen and oxygen atoms in total. The molecule has 0 amide bonds. The van der Waals surface area contributed by atoms with E-state index >= 15 is 0 Å². The zero-order chi connectivity index (χ0) is 13.5. The lowest BCUT2D eigenvalue weighted by Gasteiger charge is -2.25. The standard InChI is InChI=1S/C12H25O4P/c1-6-15-17(14,16-7-2)9-12(10(3)4)8-11(5)13/h10,12H,6-9H2,1-5H3/t12-/m1/s1. The molecule has 0 fully saturated rings. The van der Waals surface area contributed by atoms with Crippen molar-refractivity contribution in [2.45, 2.75) is 41.0 Å². The second-order valence-corrected chi connectivity index (χ2v) is 6.64. The summed E-state index contributed by atoms with van der Waals surface area (Å²) in [5.41, 5.74) is 0. The molecule has 0 bridgehead atoms. The van der Waals surface area contributed by atoms with Crippen LogP contribution in [0, 0.1) is 11.8 Å². The van der Waals surface area contributed by atoms with Crippen molar-refractivity contribution in [2.75, 3.05) is 19.4 Å². The highest BCUT2D eigenvalue weighted by Crippen LogP contribution is 2.51. The molecule has 0 spiro atoms. The lowest BCUT2D eigenvalue weighted by atomic mass is 9.93. The first-order chi connectivity index (χ1) is 7.84. The number of rotatable bonds is 9. The SMILES string of the molecule is CCOP(=O)(C[C@@H](CC(C)=O)C(C)C)OCC. The van der Waals surface area contributed by atoms with Crippen molar-refractivity contribution in [2.24, 2.45) is 11.8 Å². The predicted octanol–water partition coefficient (Wildman–Crippen LogP) is 3.50. The largest absolute Gasteiger partial charge is 0.330 e. The van der Waals surface area contributed by atoms with Crippen LogP contribution in [0.4, 0.5) is 0 Å². The molecule has 5 heteroatoms. The highest BCUT2D eigenvalue weighted by atomic mass is 31.2. The Labute approximate surface area is 105 Å². The molecule has 0 heterocycles. The molecule has 0 rings (SSSR count). The zero-order valence-electron chi connectivity index (χ0n) is 11.6. The Balaban J connectivity index is 4.67. The number of carbonyl (C=O) groups excluding carboxylic acids is 1.